The highest BCUT2D eigenvalue weighted by molar-refractivity contribution is 8.26. The number of esters is 1. The minimum Gasteiger partial charge on any atom is -0.423 e. The van der Waals surface area contributed by atoms with Crippen LogP contribution < -0.4 is 10.1 Å². The molecule has 1 N–H and O–H groups in total. The monoisotopic (exact) mass is 375 g/mol. The molecule has 3 rings (SSSR count). The lowest BCUT2D eigenvalue weighted by Crippen LogP contribution is -2.17. The molecule has 2 aromatic carbocycles. The topological polar surface area (TPSA) is 55.4 Å². The highest BCUT2D eigenvalue weighted by Crippen LogP contribution is 2.26. The third kappa shape index (κ3) is 3.84. The van der Waals surface area contributed by atoms with Gasteiger partial charge in [0.1, 0.15) is 10.1 Å². The van der Waals surface area contributed by atoms with Gasteiger partial charge in [0.25, 0.3) is 5.91 Å². The lowest BCUT2D eigenvalue weighted by Gasteiger charge is -2.06. The molecule has 0 aromatic heterocycles. The van der Waals surface area contributed by atoms with Crippen molar-refractivity contribution in [2.75, 3.05) is 0 Å². The van der Waals surface area contributed by atoms with Crippen molar-refractivity contribution in [3.63, 3.8) is 0 Å². The van der Waals surface area contributed by atoms with E-state index in [0.29, 0.717) is 25.6 Å². The molecule has 1 aliphatic heterocycles. The van der Waals surface area contributed by atoms with Crippen molar-refractivity contribution in [1.29, 1.82) is 0 Å². The maximum atomic E-state index is 12.1. The van der Waals surface area contributed by atoms with Gasteiger partial charge in [0.05, 0.1) is 15.5 Å². The highest BCUT2D eigenvalue weighted by atomic mass is 35.5. The molecule has 0 spiro atoms. The number of carbonyl (C=O) groups excluding carboxylic acids is 2. The van der Waals surface area contributed by atoms with E-state index < -0.39 is 5.97 Å². The van der Waals surface area contributed by atoms with Crippen molar-refractivity contribution in [2.24, 2.45) is 0 Å². The van der Waals surface area contributed by atoms with Crippen LogP contribution >= 0.6 is 35.6 Å². The number of halogens is 1. The largest absolute Gasteiger partial charge is 0.423 e. The molecule has 0 atom stereocenters. The standard InChI is InChI=1S/C17H10ClNO3S2/c18-13-4-2-1-3-12(13)16(21)22-11-7-5-10(6-8-11)9-14-15(20)19-17(23)24-14/h1-9H,(H,19,20,23)/b14-9-. The van der Waals surface area contributed by atoms with Gasteiger partial charge in [-0.2, -0.15) is 0 Å². The molecule has 0 radical (unpaired) electrons. The summed E-state index contributed by atoms with van der Waals surface area (Å²) in [5, 5.41) is 2.89. The summed E-state index contributed by atoms with van der Waals surface area (Å²) >= 11 is 12.1. The van der Waals surface area contributed by atoms with Crippen molar-refractivity contribution in [2.45, 2.75) is 0 Å². The van der Waals surface area contributed by atoms with Crippen LogP contribution in [0.1, 0.15) is 15.9 Å². The number of benzene rings is 2. The lowest BCUT2D eigenvalue weighted by molar-refractivity contribution is -0.115. The van der Waals surface area contributed by atoms with E-state index in [4.69, 9.17) is 28.6 Å². The zero-order chi connectivity index (χ0) is 17.1. The quantitative estimate of drug-likeness (QED) is 0.379. The first-order valence-electron chi connectivity index (χ1n) is 6.84. The van der Waals surface area contributed by atoms with E-state index in [2.05, 4.69) is 5.32 Å². The number of thiocarbonyl (C=S) groups is 1. The van der Waals surface area contributed by atoms with Crippen molar-refractivity contribution < 1.29 is 14.3 Å². The molecule has 24 heavy (non-hydrogen) atoms. The van der Waals surface area contributed by atoms with Crippen LogP contribution in [0.5, 0.6) is 5.75 Å². The summed E-state index contributed by atoms with van der Waals surface area (Å²) < 4.78 is 5.74. The first kappa shape index (κ1) is 16.7. The van der Waals surface area contributed by atoms with Gasteiger partial charge >= 0.3 is 5.97 Å². The van der Waals surface area contributed by atoms with Gasteiger partial charge in [0.15, 0.2) is 0 Å². The molecular weight excluding hydrogens is 366 g/mol. The zero-order valence-electron chi connectivity index (χ0n) is 12.1. The molecule has 1 heterocycles. The summed E-state index contributed by atoms with van der Waals surface area (Å²) in [6.07, 6.45) is 1.72. The third-order valence-electron chi connectivity index (χ3n) is 3.12. The van der Waals surface area contributed by atoms with E-state index in [-0.39, 0.29) is 5.91 Å². The van der Waals surface area contributed by atoms with E-state index >= 15 is 0 Å². The van der Waals surface area contributed by atoms with Crippen LogP contribution in [0, 0.1) is 0 Å². The van der Waals surface area contributed by atoms with Gasteiger partial charge in [-0.1, -0.05) is 59.8 Å². The molecule has 0 saturated carbocycles. The van der Waals surface area contributed by atoms with Crippen molar-refractivity contribution in [3.05, 3.63) is 69.6 Å². The Morgan fingerprint density at radius 1 is 1.17 bits per heavy atom. The van der Waals surface area contributed by atoms with Gasteiger partial charge in [-0.3, -0.25) is 4.79 Å². The van der Waals surface area contributed by atoms with Crippen LogP contribution in [0.25, 0.3) is 6.08 Å². The minimum absolute atomic E-state index is 0.209. The average molecular weight is 376 g/mol. The Hall–Kier alpha value is -2.15. The van der Waals surface area contributed by atoms with Gasteiger partial charge in [0, 0.05) is 0 Å². The van der Waals surface area contributed by atoms with E-state index in [0.717, 1.165) is 5.56 Å². The van der Waals surface area contributed by atoms with Crippen LogP contribution in [0.4, 0.5) is 0 Å². The molecule has 4 nitrogen and oxygen atoms in total. The Bertz CT molecular complexity index is 862. The van der Waals surface area contributed by atoms with Gasteiger partial charge in [-0.25, -0.2) is 4.79 Å². The normalized spacial score (nSPS) is 15.5. The second-order valence-corrected chi connectivity index (χ2v) is 6.92. The predicted octanol–water partition coefficient (Wildman–Crippen LogP) is 4.05. The second-order valence-electron chi connectivity index (χ2n) is 4.79. The van der Waals surface area contributed by atoms with Crippen LogP contribution in [0.15, 0.2) is 53.4 Å². The van der Waals surface area contributed by atoms with Crippen LogP contribution in [-0.2, 0) is 4.79 Å². The second kappa shape index (κ2) is 7.17. The summed E-state index contributed by atoms with van der Waals surface area (Å²) in [5.41, 5.74) is 1.10. The van der Waals surface area contributed by atoms with Crippen molar-refractivity contribution >= 4 is 57.9 Å². The maximum absolute atomic E-state index is 12.1. The Labute approximate surface area is 152 Å². The maximum Gasteiger partial charge on any atom is 0.345 e. The van der Waals surface area contributed by atoms with E-state index in [1.807, 2.05) is 0 Å². The summed E-state index contributed by atoms with van der Waals surface area (Å²) in [4.78, 5) is 24.2. The number of amides is 1. The molecule has 1 aliphatic rings. The summed E-state index contributed by atoms with van der Waals surface area (Å²) in [7, 11) is 0. The summed E-state index contributed by atoms with van der Waals surface area (Å²) in [6, 6.07) is 13.5. The molecule has 1 saturated heterocycles. The smallest absolute Gasteiger partial charge is 0.345 e. The zero-order valence-corrected chi connectivity index (χ0v) is 14.5. The van der Waals surface area contributed by atoms with Crippen molar-refractivity contribution in [3.8, 4) is 5.75 Å². The first-order chi connectivity index (χ1) is 11.5. The molecule has 0 bridgehead atoms. The summed E-state index contributed by atoms with van der Waals surface area (Å²) in [6.45, 7) is 0. The SMILES string of the molecule is O=C1NC(=S)S/C1=C\c1ccc(OC(=O)c2ccccc2Cl)cc1. The number of rotatable bonds is 3. The molecule has 0 unspecified atom stereocenters. The third-order valence-corrected chi connectivity index (χ3v) is 4.62. The number of hydrogen-bond donors (Lipinski definition) is 1. The number of thioether (sulfide) groups is 1. The molecule has 2 aromatic rings. The average Bonchev–Trinajstić information content (AvgIpc) is 2.87. The predicted molar refractivity (Wildman–Crippen MR) is 99.2 cm³/mol. The Morgan fingerprint density at radius 3 is 2.50 bits per heavy atom. The Balaban J connectivity index is 1.72. The molecule has 1 fully saturated rings. The number of hydrogen-bond acceptors (Lipinski definition) is 5. The van der Waals surface area contributed by atoms with E-state index in [1.165, 1.54) is 11.8 Å². The molecule has 7 heteroatoms. The number of nitrogens with one attached hydrogen (secondary N) is 1. The van der Waals surface area contributed by atoms with Crippen molar-refractivity contribution in [1.82, 2.24) is 5.32 Å². The fourth-order valence-electron chi connectivity index (χ4n) is 1.99. The Kier molecular flexibility index (Phi) is 4.99. The molecular formula is C17H10ClNO3S2. The first-order valence-corrected chi connectivity index (χ1v) is 8.45. The fraction of sp³-hybridized carbons (Fsp3) is 0. The Morgan fingerprint density at radius 2 is 1.88 bits per heavy atom. The van der Waals surface area contributed by atoms with Gasteiger partial charge in [-0.05, 0) is 35.9 Å². The van der Waals surface area contributed by atoms with Gasteiger partial charge in [0.2, 0.25) is 0 Å². The number of carbonyl (C=O) groups is 2. The molecule has 1 amide bonds. The molecule has 0 aliphatic carbocycles. The fourth-order valence-corrected chi connectivity index (χ4v) is 3.25. The van der Waals surface area contributed by atoms with Gasteiger partial charge < -0.3 is 10.1 Å². The highest BCUT2D eigenvalue weighted by Gasteiger charge is 2.21. The van der Waals surface area contributed by atoms with Crippen LogP contribution in [0.2, 0.25) is 5.02 Å². The van der Waals surface area contributed by atoms with E-state index in [9.17, 15) is 9.59 Å². The lowest BCUT2D eigenvalue weighted by atomic mass is 10.2. The minimum atomic E-state index is -0.525. The molecule has 120 valence electrons. The van der Waals surface area contributed by atoms with Gasteiger partial charge in [-0.15, -0.1) is 0 Å². The van der Waals surface area contributed by atoms with Crippen LogP contribution in [0.3, 0.4) is 0 Å². The van der Waals surface area contributed by atoms with E-state index in [1.54, 1.807) is 54.6 Å². The number of ether oxygens (including phenoxy) is 1. The van der Waals surface area contributed by atoms with Crippen LogP contribution in [-0.4, -0.2) is 16.2 Å². The summed E-state index contributed by atoms with van der Waals surface area (Å²) in [5.74, 6) is -0.344.